The number of amides is 1. The average Bonchev–Trinajstić information content (AvgIpc) is 3.12. The molecule has 0 radical (unpaired) electrons. The Kier molecular flexibility index (Phi) is 4.26. The van der Waals surface area contributed by atoms with Gasteiger partial charge in [0.05, 0.1) is 26.6 Å². The number of nitrogens with zero attached hydrogens (tertiary/aromatic N) is 3. The third-order valence-electron chi connectivity index (χ3n) is 3.87. The van der Waals surface area contributed by atoms with Crippen LogP contribution in [0, 0.1) is 5.82 Å². The highest BCUT2D eigenvalue weighted by Gasteiger charge is 2.24. The number of aromatic nitrogens is 2. The number of halogens is 2. The lowest BCUT2D eigenvalue weighted by Crippen LogP contribution is -2.19. The first-order chi connectivity index (χ1) is 12.5. The molecule has 3 aromatic rings. The van der Waals surface area contributed by atoms with Gasteiger partial charge in [0.1, 0.15) is 11.6 Å². The van der Waals surface area contributed by atoms with E-state index in [4.69, 9.17) is 11.6 Å². The molecule has 1 aliphatic heterocycles. The molecule has 130 valence electrons. The van der Waals surface area contributed by atoms with E-state index < -0.39 is 5.82 Å². The van der Waals surface area contributed by atoms with Crippen LogP contribution in [0.25, 0.3) is 17.1 Å². The zero-order valence-electron chi connectivity index (χ0n) is 13.5. The molecule has 1 saturated heterocycles. The van der Waals surface area contributed by atoms with Crippen LogP contribution in [0.15, 0.2) is 52.4 Å². The van der Waals surface area contributed by atoms with Crippen LogP contribution in [0.2, 0.25) is 5.02 Å². The Hall–Kier alpha value is -2.64. The largest absolute Gasteiger partial charge is 0.328 e. The Morgan fingerprint density at radius 1 is 1.31 bits per heavy atom. The van der Waals surface area contributed by atoms with Crippen molar-refractivity contribution in [1.29, 1.82) is 0 Å². The minimum atomic E-state index is -0.513. The van der Waals surface area contributed by atoms with Crippen molar-refractivity contribution in [1.82, 2.24) is 14.9 Å². The van der Waals surface area contributed by atoms with Crippen LogP contribution in [-0.2, 0) is 11.8 Å². The second-order valence-electron chi connectivity index (χ2n) is 5.60. The van der Waals surface area contributed by atoms with E-state index in [9.17, 15) is 9.18 Å². The zero-order chi connectivity index (χ0) is 18.3. The van der Waals surface area contributed by atoms with E-state index in [-0.39, 0.29) is 10.9 Å². The predicted molar refractivity (Wildman–Crippen MR) is 103 cm³/mol. The third-order valence-corrected chi connectivity index (χ3v) is 5.07. The molecule has 0 atom stereocenters. The number of carbonyl (C=O) groups excluding carboxylic acids is 1. The summed E-state index contributed by atoms with van der Waals surface area (Å²) in [7, 11) is 1.90. The lowest BCUT2D eigenvalue weighted by Gasteiger charge is -1.98. The summed E-state index contributed by atoms with van der Waals surface area (Å²) in [6, 6.07) is 11.9. The van der Waals surface area contributed by atoms with Gasteiger partial charge in [-0.3, -0.25) is 4.79 Å². The van der Waals surface area contributed by atoms with Crippen molar-refractivity contribution in [3.05, 3.63) is 64.0 Å². The molecule has 0 saturated carbocycles. The van der Waals surface area contributed by atoms with Crippen molar-refractivity contribution in [3.8, 4) is 0 Å². The predicted octanol–water partition coefficient (Wildman–Crippen LogP) is 4.26. The van der Waals surface area contributed by atoms with Gasteiger partial charge in [0.25, 0.3) is 5.91 Å². The second-order valence-corrected chi connectivity index (χ2v) is 7.04. The smallest absolute Gasteiger partial charge is 0.264 e. The van der Waals surface area contributed by atoms with Crippen molar-refractivity contribution < 1.29 is 9.18 Å². The van der Waals surface area contributed by atoms with Crippen molar-refractivity contribution >= 4 is 57.2 Å². The van der Waals surface area contributed by atoms with Crippen molar-refractivity contribution in [2.75, 3.05) is 0 Å². The summed E-state index contributed by atoms with van der Waals surface area (Å²) in [6.45, 7) is 0. The first-order valence-electron chi connectivity index (χ1n) is 7.67. The number of amidine groups is 1. The Bertz CT molecular complexity index is 1110. The summed E-state index contributed by atoms with van der Waals surface area (Å²) >= 11 is 6.96. The summed E-state index contributed by atoms with van der Waals surface area (Å²) in [4.78, 5) is 21.5. The molecular weight excluding hydrogens is 375 g/mol. The Balaban J connectivity index is 1.64. The lowest BCUT2D eigenvalue weighted by atomic mass is 10.3. The molecule has 2 heterocycles. The van der Waals surface area contributed by atoms with Crippen LogP contribution < -0.4 is 5.32 Å². The molecule has 0 unspecified atom stereocenters. The van der Waals surface area contributed by atoms with Gasteiger partial charge in [0.2, 0.25) is 0 Å². The summed E-state index contributed by atoms with van der Waals surface area (Å²) in [5.74, 6) is -0.0925. The Morgan fingerprint density at radius 3 is 2.88 bits per heavy atom. The molecule has 26 heavy (non-hydrogen) atoms. The van der Waals surface area contributed by atoms with E-state index in [0.29, 0.717) is 21.6 Å². The molecule has 2 aromatic carbocycles. The van der Waals surface area contributed by atoms with Crippen molar-refractivity contribution in [2.45, 2.75) is 0 Å². The van der Waals surface area contributed by atoms with Gasteiger partial charge < -0.3 is 9.88 Å². The van der Waals surface area contributed by atoms with Gasteiger partial charge >= 0.3 is 0 Å². The lowest BCUT2D eigenvalue weighted by molar-refractivity contribution is -0.115. The van der Waals surface area contributed by atoms with Crippen LogP contribution in [0.5, 0.6) is 0 Å². The molecule has 5 nitrogen and oxygen atoms in total. The average molecular weight is 387 g/mol. The number of nitrogens with one attached hydrogen (secondary N) is 1. The highest BCUT2D eigenvalue weighted by atomic mass is 35.5. The monoisotopic (exact) mass is 386 g/mol. The van der Waals surface area contributed by atoms with Crippen LogP contribution in [-0.4, -0.2) is 20.6 Å². The van der Waals surface area contributed by atoms with Crippen LogP contribution in [0.1, 0.15) is 5.82 Å². The number of hydrogen-bond donors (Lipinski definition) is 1. The van der Waals surface area contributed by atoms with E-state index in [1.807, 2.05) is 35.9 Å². The van der Waals surface area contributed by atoms with E-state index >= 15 is 0 Å². The standard InChI is InChI=1S/C18H12ClFN4OS/c1-24-14-5-3-2-4-13(14)22-16(24)9-15-17(25)23-18(26-15)21-10-6-7-12(20)11(19)8-10/h2-9H,1H3,(H,21,23,25). The molecule has 1 amide bonds. The summed E-state index contributed by atoms with van der Waals surface area (Å²) in [5, 5.41) is 3.08. The van der Waals surface area contributed by atoms with E-state index in [1.165, 1.54) is 30.0 Å². The molecule has 1 aromatic heterocycles. The van der Waals surface area contributed by atoms with Gasteiger partial charge in [0, 0.05) is 13.1 Å². The first kappa shape index (κ1) is 16.8. The maximum atomic E-state index is 13.2. The maximum absolute atomic E-state index is 13.2. The van der Waals surface area contributed by atoms with Crippen LogP contribution in [0.3, 0.4) is 0 Å². The quantitative estimate of drug-likeness (QED) is 0.669. The number of thioether (sulfide) groups is 1. The fraction of sp³-hybridized carbons (Fsp3) is 0.0556. The fourth-order valence-corrected chi connectivity index (χ4v) is 3.55. The molecule has 1 fully saturated rings. The number of imidazole rings is 1. The highest BCUT2D eigenvalue weighted by molar-refractivity contribution is 8.18. The van der Waals surface area contributed by atoms with E-state index in [0.717, 1.165) is 11.0 Å². The van der Waals surface area contributed by atoms with Gasteiger partial charge in [0.15, 0.2) is 5.17 Å². The molecule has 4 rings (SSSR count). The molecule has 0 spiro atoms. The third kappa shape index (κ3) is 3.11. The van der Waals surface area contributed by atoms with E-state index in [1.54, 1.807) is 6.08 Å². The maximum Gasteiger partial charge on any atom is 0.264 e. The summed E-state index contributed by atoms with van der Waals surface area (Å²) in [6.07, 6.45) is 1.72. The normalized spacial score (nSPS) is 17.4. The van der Waals surface area contributed by atoms with Crippen LogP contribution >= 0.6 is 23.4 Å². The molecule has 8 heteroatoms. The van der Waals surface area contributed by atoms with E-state index in [2.05, 4.69) is 15.3 Å². The SMILES string of the molecule is Cn1c(C=C2SC(=Nc3ccc(F)c(Cl)c3)NC2=O)nc2ccccc21. The number of fused-ring (bicyclic) bond motifs is 1. The van der Waals surface area contributed by atoms with Gasteiger partial charge in [-0.2, -0.15) is 0 Å². The minimum absolute atomic E-state index is 0.0170. The number of carbonyl (C=O) groups is 1. The summed E-state index contributed by atoms with van der Waals surface area (Å²) in [5.41, 5.74) is 2.31. The highest BCUT2D eigenvalue weighted by Crippen LogP contribution is 2.29. The number of benzene rings is 2. The minimum Gasteiger partial charge on any atom is -0.328 e. The topological polar surface area (TPSA) is 59.3 Å². The molecule has 0 bridgehead atoms. The van der Waals surface area contributed by atoms with Gasteiger partial charge in [-0.1, -0.05) is 23.7 Å². The second kappa shape index (κ2) is 6.59. The van der Waals surface area contributed by atoms with Crippen LogP contribution in [0.4, 0.5) is 10.1 Å². The number of aliphatic imine (C=N–C) groups is 1. The van der Waals surface area contributed by atoms with Crippen molar-refractivity contribution in [2.24, 2.45) is 12.0 Å². The molecule has 1 aliphatic rings. The number of para-hydroxylation sites is 2. The molecule has 1 N–H and O–H groups in total. The Labute approximate surface area is 157 Å². The first-order valence-corrected chi connectivity index (χ1v) is 8.87. The number of rotatable bonds is 2. The summed E-state index contributed by atoms with van der Waals surface area (Å²) < 4.78 is 15.2. The van der Waals surface area contributed by atoms with Gasteiger partial charge in [-0.05, 0) is 42.1 Å². The van der Waals surface area contributed by atoms with Gasteiger partial charge in [-0.15, -0.1) is 0 Å². The Morgan fingerprint density at radius 2 is 2.12 bits per heavy atom. The number of aryl methyl sites for hydroxylation is 1. The van der Waals surface area contributed by atoms with Gasteiger partial charge in [-0.25, -0.2) is 14.4 Å². The molecular formula is C18H12ClFN4OS. The zero-order valence-corrected chi connectivity index (χ0v) is 15.1. The number of hydrogen-bond acceptors (Lipinski definition) is 4. The molecule has 0 aliphatic carbocycles. The van der Waals surface area contributed by atoms with Crippen molar-refractivity contribution in [3.63, 3.8) is 0 Å². The fourth-order valence-electron chi connectivity index (χ4n) is 2.56.